The van der Waals surface area contributed by atoms with E-state index in [1.165, 1.54) is 5.57 Å². The molecule has 4 rings (SSSR count). The minimum atomic E-state index is -1.38. The van der Waals surface area contributed by atoms with Gasteiger partial charge in [-0.05, 0) is 74.7 Å². The Morgan fingerprint density at radius 3 is 2.79 bits per heavy atom. The Bertz CT molecular complexity index is 629. The van der Waals surface area contributed by atoms with Crippen molar-refractivity contribution in [1.29, 1.82) is 0 Å². The maximum Gasteiger partial charge on any atom is 0.156 e. The molecule has 4 aliphatic rings. The first-order valence-electron chi connectivity index (χ1n) is 9.58. The fourth-order valence-electron chi connectivity index (χ4n) is 6.96. The van der Waals surface area contributed by atoms with Gasteiger partial charge in [0.15, 0.2) is 11.4 Å². The zero-order valence-corrected chi connectivity index (χ0v) is 14.5. The number of aliphatic hydroxyl groups is 2. The van der Waals surface area contributed by atoms with E-state index in [1.54, 1.807) is 0 Å². The van der Waals surface area contributed by atoms with Gasteiger partial charge in [-0.3, -0.25) is 4.79 Å². The van der Waals surface area contributed by atoms with E-state index in [4.69, 9.17) is 6.42 Å². The van der Waals surface area contributed by atoms with Crippen LogP contribution in [0.15, 0.2) is 11.6 Å². The van der Waals surface area contributed by atoms with E-state index in [1.807, 2.05) is 6.08 Å². The van der Waals surface area contributed by atoms with E-state index in [9.17, 15) is 15.0 Å². The highest BCUT2D eigenvalue weighted by molar-refractivity contribution is 5.91. The van der Waals surface area contributed by atoms with E-state index in [2.05, 4.69) is 12.8 Å². The van der Waals surface area contributed by atoms with E-state index >= 15 is 0 Å². The number of terminal acetylenes is 1. The Hall–Kier alpha value is -1.11. The lowest BCUT2D eigenvalue weighted by molar-refractivity contribution is -0.125. The molecule has 0 aromatic carbocycles. The van der Waals surface area contributed by atoms with Gasteiger partial charge in [-0.25, -0.2) is 0 Å². The number of hydrogen-bond acceptors (Lipinski definition) is 3. The zero-order chi connectivity index (χ0) is 17.1. The van der Waals surface area contributed by atoms with Gasteiger partial charge >= 0.3 is 0 Å². The minimum Gasteiger partial charge on any atom is -0.389 e. The van der Waals surface area contributed by atoms with Crippen LogP contribution in [0.5, 0.6) is 0 Å². The second-order valence-electron chi connectivity index (χ2n) is 8.51. The summed E-state index contributed by atoms with van der Waals surface area (Å²) in [4.78, 5) is 11.8. The fraction of sp³-hybridized carbons (Fsp3) is 0.762. The first-order valence-corrected chi connectivity index (χ1v) is 9.58. The van der Waals surface area contributed by atoms with Gasteiger partial charge in [0, 0.05) is 11.8 Å². The molecule has 0 aromatic heterocycles. The van der Waals surface area contributed by atoms with Gasteiger partial charge in [0.1, 0.15) is 0 Å². The maximum atomic E-state index is 11.8. The molecule has 0 heterocycles. The first kappa shape index (κ1) is 16.4. The zero-order valence-electron chi connectivity index (χ0n) is 14.5. The molecule has 0 radical (unpaired) electrons. The Kier molecular flexibility index (Phi) is 3.71. The second kappa shape index (κ2) is 5.44. The second-order valence-corrected chi connectivity index (χ2v) is 8.51. The highest BCUT2D eigenvalue weighted by Crippen LogP contribution is 2.66. The molecular weight excluding hydrogens is 300 g/mol. The molecule has 0 saturated heterocycles. The van der Waals surface area contributed by atoms with Crippen molar-refractivity contribution in [3.05, 3.63) is 11.6 Å². The van der Waals surface area contributed by atoms with Crippen molar-refractivity contribution in [2.24, 2.45) is 29.1 Å². The molecule has 0 unspecified atom stereocenters. The molecule has 3 heteroatoms. The Morgan fingerprint density at radius 2 is 2.08 bits per heavy atom. The highest BCUT2D eigenvalue weighted by Gasteiger charge is 2.67. The average Bonchev–Trinajstić information content (AvgIpc) is 2.83. The third-order valence-electron chi connectivity index (χ3n) is 8.08. The van der Waals surface area contributed by atoms with Crippen LogP contribution in [0.25, 0.3) is 0 Å². The summed E-state index contributed by atoms with van der Waals surface area (Å²) < 4.78 is 0. The summed E-state index contributed by atoms with van der Waals surface area (Å²) in [6.07, 6.45) is 13.9. The van der Waals surface area contributed by atoms with Gasteiger partial charge in [-0.2, -0.15) is 0 Å². The van der Waals surface area contributed by atoms with Gasteiger partial charge in [-0.1, -0.05) is 18.4 Å². The van der Waals surface area contributed by atoms with Crippen LogP contribution in [0.3, 0.4) is 0 Å². The molecule has 0 aliphatic heterocycles. The van der Waals surface area contributed by atoms with Crippen molar-refractivity contribution in [3.63, 3.8) is 0 Å². The Morgan fingerprint density at radius 1 is 1.29 bits per heavy atom. The summed E-state index contributed by atoms with van der Waals surface area (Å²) >= 11 is 0. The van der Waals surface area contributed by atoms with Gasteiger partial charge in [-0.15, -0.1) is 6.42 Å². The molecule has 3 fully saturated rings. The summed E-state index contributed by atoms with van der Waals surface area (Å²) in [7, 11) is 0. The predicted molar refractivity (Wildman–Crippen MR) is 91.9 cm³/mol. The smallest absolute Gasteiger partial charge is 0.156 e. The summed E-state index contributed by atoms with van der Waals surface area (Å²) in [5.41, 5.74) is -0.355. The third kappa shape index (κ3) is 1.90. The number of carbonyl (C=O) groups is 1. The lowest BCUT2D eigenvalue weighted by Gasteiger charge is -2.55. The van der Waals surface area contributed by atoms with E-state index in [-0.39, 0.29) is 11.2 Å². The van der Waals surface area contributed by atoms with Crippen molar-refractivity contribution < 1.29 is 15.0 Å². The molecule has 3 nitrogen and oxygen atoms in total. The summed E-state index contributed by atoms with van der Waals surface area (Å²) in [5, 5.41) is 21.7. The number of fused-ring (bicyclic) bond motifs is 5. The molecule has 0 aromatic rings. The number of rotatable bonds is 1. The lowest BCUT2D eigenvalue weighted by atomic mass is 9.49. The number of ketones is 1. The quantitative estimate of drug-likeness (QED) is 0.728. The van der Waals surface area contributed by atoms with Crippen LogP contribution in [0, 0.1) is 41.4 Å². The molecule has 0 spiro atoms. The normalized spacial score (nSPS) is 50.3. The van der Waals surface area contributed by atoms with Crippen molar-refractivity contribution in [2.75, 3.05) is 0 Å². The van der Waals surface area contributed by atoms with Crippen LogP contribution in [-0.4, -0.2) is 27.7 Å². The van der Waals surface area contributed by atoms with E-state index in [0.717, 1.165) is 38.5 Å². The molecule has 2 N–H and O–H groups in total. The molecule has 4 aliphatic carbocycles. The van der Waals surface area contributed by atoms with Crippen molar-refractivity contribution in [2.45, 2.75) is 70.0 Å². The highest BCUT2D eigenvalue weighted by atomic mass is 16.3. The van der Waals surface area contributed by atoms with Gasteiger partial charge < -0.3 is 10.2 Å². The van der Waals surface area contributed by atoms with Crippen LogP contribution in [0.1, 0.15) is 58.3 Å². The standard InChI is InChI=1S/C21H28O3/c1-3-20-10-9-16-15-8-6-14(22)11-13(15)5-7-17(16)18(20)12-19(23)21(20,24)4-2/h2,11,15-19,23-24H,3,5-10,12H2,1H3/t15-,16+,17+,18-,19-,20-,21+/m0/s1. The van der Waals surface area contributed by atoms with Gasteiger partial charge in [0.05, 0.1) is 6.10 Å². The van der Waals surface area contributed by atoms with Crippen molar-refractivity contribution in [1.82, 2.24) is 0 Å². The van der Waals surface area contributed by atoms with Gasteiger partial charge in [0.25, 0.3) is 0 Å². The lowest BCUT2D eigenvalue weighted by Crippen LogP contribution is -2.55. The SMILES string of the molecule is C#C[C@@]1(O)[C@@H](O)C[C@H]2[C@@H]3CCC4=CC(=O)CC[C@@H]4[C@H]3CC[C@@]21CC. The Labute approximate surface area is 144 Å². The van der Waals surface area contributed by atoms with Crippen LogP contribution in [-0.2, 0) is 4.79 Å². The number of hydrogen-bond donors (Lipinski definition) is 2. The molecule has 0 amide bonds. The van der Waals surface area contributed by atoms with Crippen LogP contribution >= 0.6 is 0 Å². The molecule has 0 bridgehead atoms. The fourth-order valence-corrected chi connectivity index (χ4v) is 6.96. The first-order chi connectivity index (χ1) is 11.5. The number of allylic oxidation sites excluding steroid dienone is 1. The minimum absolute atomic E-state index is 0.288. The predicted octanol–water partition coefficient (Wildman–Crippen LogP) is 2.85. The van der Waals surface area contributed by atoms with Crippen LogP contribution in [0.2, 0.25) is 0 Å². The number of carbonyl (C=O) groups excluding carboxylic acids is 1. The van der Waals surface area contributed by atoms with E-state index < -0.39 is 11.7 Å². The van der Waals surface area contributed by atoms with Crippen molar-refractivity contribution >= 4 is 5.78 Å². The monoisotopic (exact) mass is 328 g/mol. The topological polar surface area (TPSA) is 57.5 Å². The largest absolute Gasteiger partial charge is 0.389 e. The number of aliphatic hydroxyl groups excluding tert-OH is 1. The molecule has 7 atom stereocenters. The van der Waals surface area contributed by atoms with Crippen LogP contribution in [0.4, 0.5) is 0 Å². The average molecular weight is 328 g/mol. The molecular formula is C21H28O3. The molecule has 3 saturated carbocycles. The molecule has 130 valence electrons. The third-order valence-corrected chi connectivity index (χ3v) is 8.08. The Balaban J connectivity index is 1.70. The summed E-state index contributed by atoms with van der Waals surface area (Å²) in [6.45, 7) is 2.11. The molecule has 24 heavy (non-hydrogen) atoms. The van der Waals surface area contributed by atoms with Gasteiger partial charge in [0.2, 0.25) is 0 Å². The maximum absolute atomic E-state index is 11.8. The van der Waals surface area contributed by atoms with Crippen LogP contribution < -0.4 is 0 Å². The van der Waals surface area contributed by atoms with Crippen molar-refractivity contribution in [3.8, 4) is 12.3 Å². The summed E-state index contributed by atoms with van der Waals surface area (Å²) in [6, 6.07) is 0. The van der Waals surface area contributed by atoms with E-state index in [0.29, 0.717) is 36.5 Å². The summed E-state index contributed by atoms with van der Waals surface area (Å²) in [5.74, 6) is 4.83.